The molecular formula is C4H6Cl3NO2. The minimum Gasteiger partial charge on any atom is -0.264 e. The van der Waals surface area contributed by atoms with E-state index in [4.69, 9.17) is 34.8 Å². The van der Waals surface area contributed by atoms with Crippen molar-refractivity contribution in [2.75, 3.05) is 17.6 Å². The Hall–Kier alpha value is 0.270. The van der Waals surface area contributed by atoms with Gasteiger partial charge in [0.2, 0.25) is 0 Å². The Balaban J connectivity index is 4.31. The lowest BCUT2D eigenvalue weighted by atomic mass is 10.1. The van der Waals surface area contributed by atoms with E-state index in [2.05, 4.69) is 0 Å². The molecule has 0 heterocycles. The van der Waals surface area contributed by atoms with E-state index in [0.29, 0.717) is 0 Å². The minimum absolute atomic E-state index is 0.160. The monoisotopic (exact) mass is 205 g/mol. The fourth-order valence-corrected chi connectivity index (χ4v) is 1.40. The third kappa shape index (κ3) is 1.87. The van der Waals surface area contributed by atoms with E-state index >= 15 is 0 Å². The van der Waals surface area contributed by atoms with E-state index in [-0.39, 0.29) is 17.6 Å². The third-order valence-electron chi connectivity index (χ3n) is 1.13. The summed E-state index contributed by atoms with van der Waals surface area (Å²) < 4.78 is 0. The van der Waals surface area contributed by atoms with Crippen LogP contribution in [0.15, 0.2) is 0 Å². The van der Waals surface area contributed by atoms with Crippen molar-refractivity contribution in [1.82, 2.24) is 0 Å². The lowest BCUT2D eigenvalue weighted by molar-refractivity contribution is -0.551. The SMILES string of the molecule is O=[N+]([O-])C(CCl)(CCl)CCl. The average Bonchev–Trinajstić information content (AvgIpc) is 1.92. The fourth-order valence-electron chi connectivity index (χ4n) is 0.254. The van der Waals surface area contributed by atoms with Gasteiger partial charge in [0.1, 0.15) is 0 Å². The van der Waals surface area contributed by atoms with Crippen LogP contribution >= 0.6 is 34.8 Å². The van der Waals surface area contributed by atoms with E-state index in [1.807, 2.05) is 0 Å². The molecule has 6 heteroatoms. The Kier molecular flexibility index (Phi) is 4.32. The Morgan fingerprint density at radius 3 is 1.50 bits per heavy atom. The van der Waals surface area contributed by atoms with Crippen LogP contribution < -0.4 is 0 Å². The van der Waals surface area contributed by atoms with Crippen LogP contribution in [0.2, 0.25) is 0 Å². The van der Waals surface area contributed by atoms with Gasteiger partial charge < -0.3 is 0 Å². The van der Waals surface area contributed by atoms with Gasteiger partial charge in [0.25, 0.3) is 5.54 Å². The molecule has 0 saturated heterocycles. The van der Waals surface area contributed by atoms with Gasteiger partial charge in [-0.2, -0.15) is 0 Å². The van der Waals surface area contributed by atoms with Crippen molar-refractivity contribution in [3.63, 3.8) is 0 Å². The quantitative estimate of drug-likeness (QED) is 0.399. The molecule has 10 heavy (non-hydrogen) atoms. The van der Waals surface area contributed by atoms with E-state index in [1.165, 1.54) is 0 Å². The van der Waals surface area contributed by atoms with Crippen LogP contribution in [0.25, 0.3) is 0 Å². The third-order valence-corrected chi connectivity index (χ3v) is 2.63. The highest BCUT2D eigenvalue weighted by Crippen LogP contribution is 2.16. The second kappa shape index (κ2) is 4.21. The van der Waals surface area contributed by atoms with Crippen LogP contribution in [0.4, 0.5) is 0 Å². The summed E-state index contributed by atoms with van der Waals surface area (Å²) in [6.45, 7) is 0. The van der Waals surface area contributed by atoms with E-state index < -0.39 is 10.5 Å². The molecule has 0 atom stereocenters. The molecule has 0 rings (SSSR count). The molecule has 0 aromatic heterocycles. The molecule has 0 spiro atoms. The molecule has 3 nitrogen and oxygen atoms in total. The number of alkyl halides is 3. The molecule has 60 valence electrons. The minimum atomic E-state index is -1.36. The predicted octanol–water partition coefficient (Wildman–Crippen LogP) is 1.72. The Labute approximate surface area is 73.4 Å². The summed E-state index contributed by atoms with van der Waals surface area (Å²) in [6, 6.07) is 0. The fraction of sp³-hybridized carbons (Fsp3) is 1.00. The number of hydrogen-bond donors (Lipinski definition) is 0. The van der Waals surface area contributed by atoms with Crippen molar-refractivity contribution in [1.29, 1.82) is 0 Å². The molecule has 0 radical (unpaired) electrons. The van der Waals surface area contributed by atoms with Crippen LogP contribution in [0.1, 0.15) is 0 Å². The lowest BCUT2D eigenvalue weighted by Crippen LogP contribution is -2.44. The van der Waals surface area contributed by atoms with Gasteiger partial charge in [-0.1, -0.05) is 0 Å². The van der Waals surface area contributed by atoms with Crippen LogP contribution in [-0.2, 0) is 0 Å². The van der Waals surface area contributed by atoms with Crippen LogP contribution in [-0.4, -0.2) is 28.1 Å². The first-order valence-corrected chi connectivity index (χ1v) is 4.05. The van der Waals surface area contributed by atoms with Crippen LogP contribution in [0.3, 0.4) is 0 Å². The lowest BCUT2D eigenvalue weighted by Gasteiger charge is -2.16. The zero-order chi connectivity index (χ0) is 8.20. The molecule has 0 amide bonds. The smallest absolute Gasteiger partial charge is 0.262 e. The second-order valence-electron chi connectivity index (χ2n) is 1.88. The molecule has 0 saturated carbocycles. The highest BCUT2D eigenvalue weighted by atomic mass is 35.5. The zero-order valence-electron chi connectivity index (χ0n) is 5.02. The maximum atomic E-state index is 10.3. The largest absolute Gasteiger partial charge is 0.264 e. The van der Waals surface area contributed by atoms with Gasteiger partial charge in [0.05, 0.1) is 17.6 Å². The van der Waals surface area contributed by atoms with E-state index in [1.54, 1.807) is 0 Å². The van der Waals surface area contributed by atoms with Crippen LogP contribution in [0, 0.1) is 10.1 Å². The van der Waals surface area contributed by atoms with Crippen molar-refractivity contribution in [3.05, 3.63) is 10.1 Å². The van der Waals surface area contributed by atoms with E-state index in [0.717, 1.165) is 0 Å². The van der Waals surface area contributed by atoms with Crippen molar-refractivity contribution in [2.24, 2.45) is 0 Å². The van der Waals surface area contributed by atoms with Crippen molar-refractivity contribution in [2.45, 2.75) is 5.54 Å². The van der Waals surface area contributed by atoms with Gasteiger partial charge in [-0.15, -0.1) is 34.8 Å². The van der Waals surface area contributed by atoms with Crippen molar-refractivity contribution < 1.29 is 4.92 Å². The number of halogens is 3. The van der Waals surface area contributed by atoms with Gasteiger partial charge in [-0.25, -0.2) is 0 Å². The standard InChI is InChI=1S/C4H6Cl3NO2/c5-1-4(2-6,3-7)8(9)10/h1-3H2. The van der Waals surface area contributed by atoms with Crippen molar-refractivity contribution >= 4 is 34.8 Å². The molecule has 0 aliphatic carbocycles. The maximum Gasteiger partial charge on any atom is 0.262 e. The highest BCUT2D eigenvalue weighted by molar-refractivity contribution is 6.24. The number of rotatable bonds is 4. The number of nitrogens with zero attached hydrogens (tertiary/aromatic N) is 1. The molecule has 0 aromatic rings. The Morgan fingerprint density at radius 2 is 1.50 bits per heavy atom. The average molecular weight is 206 g/mol. The van der Waals surface area contributed by atoms with Gasteiger partial charge in [-0.05, 0) is 0 Å². The van der Waals surface area contributed by atoms with Gasteiger partial charge in [-0.3, -0.25) is 10.1 Å². The summed E-state index contributed by atoms with van der Waals surface area (Å²) in [7, 11) is 0. The first kappa shape index (κ1) is 10.3. The molecule has 0 aliphatic rings. The molecule has 0 fully saturated rings. The first-order chi connectivity index (χ1) is 4.63. The number of hydrogen-bond acceptors (Lipinski definition) is 2. The molecule has 0 unspecified atom stereocenters. The Morgan fingerprint density at radius 1 is 1.20 bits per heavy atom. The molecule has 0 aromatic carbocycles. The predicted molar refractivity (Wildman–Crippen MR) is 41.9 cm³/mol. The highest BCUT2D eigenvalue weighted by Gasteiger charge is 2.40. The summed E-state index contributed by atoms with van der Waals surface area (Å²) in [5.74, 6) is -0.479. The zero-order valence-corrected chi connectivity index (χ0v) is 7.29. The summed E-state index contributed by atoms with van der Waals surface area (Å²) >= 11 is 15.9. The molecule has 0 N–H and O–H groups in total. The summed E-state index contributed by atoms with van der Waals surface area (Å²) in [6.07, 6.45) is 0. The molecule has 0 aliphatic heterocycles. The van der Waals surface area contributed by atoms with Gasteiger partial charge >= 0.3 is 0 Å². The van der Waals surface area contributed by atoms with E-state index in [9.17, 15) is 10.1 Å². The van der Waals surface area contributed by atoms with Gasteiger partial charge in [0.15, 0.2) is 0 Å². The molecular weight excluding hydrogens is 200 g/mol. The first-order valence-electron chi connectivity index (χ1n) is 2.45. The topological polar surface area (TPSA) is 43.1 Å². The Bertz CT molecular complexity index is 117. The second-order valence-corrected chi connectivity index (χ2v) is 2.68. The summed E-state index contributed by atoms with van der Waals surface area (Å²) in [4.78, 5) is 9.73. The summed E-state index contributed by atoms with van der Waals surface area (Å²) in [5.41, 5.74) is -1.36. The van der Waals surface area contributed by atoms with Crippen LogP contribution in [0.5, 0.6) is 0 Å². The van der Waals surface area contributed by atoms with Crippen molar-refractivity contribution in [3.8, 4) is 0 Å². The molecule has 0 bridgehead atoms. The van der Waals surface area contributed by atoms with Gasteiger partial charge in [0, 0.05) is 4.92 Å². The maximum absolute atomic E-state index is 10.3. The number of nitro groups is 1. The normalized spacial score (nSPS) is 11.5. The summed E-state index contributed by atoms with van der Waals surface area (Å²) in [5, 5.41) is 10.3.